The Labute approximate surface area is 126 Å². The summed E-state index contributed by atoms with van der Waals surface area (Å²) in [6.07, 6.45) is 1.37. The van der Waals surface area contributed by atoms with Crippen LogP contribution >= 0.6 is 11.3 Å². The third-order valence-corrected chi connectivity index (χ3v) is 5.02. The lowest BCUT2D eigenvalue weighted by atomic mass is 9.91. The molecule has 4 nitrogen and oxygen atoms in total. The van der Waals surface area contributed by atoms with Crippen LogP contribution in [0.3, 0.4) is 0 Å². The molecule has 114 valence electrons. The van der Waals surface area contributed by atoms with E-state index in [1.165, 1.54) is 10.6 Å². The fourth-order valence-electron chi connectivity index (χ4n) is 2.73. The molecule has 5 heteroatoms. The molecule has 2 rings (SSSR count). The highest BCUT2D eigenvalue weighted by molar-refractivity contribution is 7.15. The molecule has 0 saturated carbocycles. The lowest BCUT2D eigenvalue weighted by molar-refractivity contribution is 0.118. The van der Waals surface area contributed by atoms with Gasteiger partial charge in [-0.2, -0.15) is 0 Å². The number of nitrogens with zero attached hydrogens (tertiary/aromatic N) is 2. The minimum absolute atomic E-state index is 0.0829. The summed E-state index contributed by atoms with van der Waals surface area (Å²) in [5.41, 5.74) is 1.30. The van der Waals surface area contributed by atoms with Gasteiger partial charge < -0.3 is 15.0 Å². The summed E-state index contributed by atoms with van der Waals surface area (Å²) in [7, 11) is 4.13. The van der Waals surface area contributed by atoms with Crippen molar-refractivity contribution in [3.63, 3.8) is 0 Å². The summed E-state index contributed by atoms with van der Waals surface area (Å²) < 4.78 is 5.68. The minimum atomic E-state index is 0.0829. The Hall–Kier alpha value is -0.650. The predicted molar refractivity (Wildman–Crippen MR) is 85.8 cm³/mol. The lowest BCUT2D eigenvalue weighted by Crippen LogP contribution is -2.36. The van der Waals surface area contributed by atoms with Crippen molar-refractivity contribution in [1.82, 2.24) is 10.3 Å². The van der Waals surface area contributed by atoms with E-state index in [0.717, 1.165) is 24.7 Å². The van der Waals surface area contributed by atoms with E-state index >= 15 is 0 Å². The van der Waals surface area contributed by atoms with Crippen LogP contribution in [-0.4, -0.2) is 37.8 Å². The molecule has 1 fully saturated rings. The number of anilines is 1. The van der Waals surface area contributed by atoms with Gasteiger partial charge in [-0.25, -0.2) is 4.98 Å². The summed E-state index contributed by atoms with van der Waals surface area (Å²) in [5, 5.41) is 4.37. The van der Waals surface area contributed by atoms with Crippen molar-refractivity contribution < 1.29 is 4.74 Å². The average molecular weight is 297 g/mol. The topological polar surface area (TPSA) is 37.4 Å². The van der Waals surface area contributed by atoms with Gasteiger partial charge in [0.15, 0.2) is 5.13 Å². The van der Waals surface area contributed by atoms with Crippen LogP contribution < -0.4 is 10.2 Å². The standard InChI is InChI=1S/C15H27N3OS/c1-10-11(7-8-19-10)18(6)14-17-13(15(2,3)4)12(20-14)9-16-5/h10-11,16H,7-9H2,1-6H3. The second-order valence-electron chi connectivity index (χ2n) is 6.59. The van der Waals surface area contributed by atoms with Gasteiger partial charge in [0, 0.05) is 30.5 Å². The van der Waals surface area contributed by atoms with E-state index in [4.69, 9.17) is 9.72 Å². The number of thiazole rings is 1. The van der Waals surface area contributed by atoms with Crippen LogP contribution in [0.5, 0.6) is 0 Å². The first-order valence-corrected chi connectivity index (χ1v) is 8.15. The Kier molecular flexibility index (Phi) is 4.72. The molecule has 1 saturated heterocycles. The van der Waals surface area contributed by atoms with Crippen molar-refractivity contribution in [1.29, 1.82) is 0 Å². The first-order chi connectivity index (χ1) is 9.34. The molecule has 0 amide bonds. The summed E-state index contributed by atoms with van der Waals surface area (Å²) >= 11 is 1.80. The predicted octanol–water partition coefficient (Wildman–Crippen LogP) is 2.77. The molecular formula is C15H27N3OS. The lowest BCUT2D eigenvalue weighted by Gasteiger charge is -2.26. The highest BCUT2D eigenvalue weighted by Crippen LogP contribution is 2.35. The van der Waals surface area contributed by atoms with E-state index in [0.29, 0.717) is 6.04 Å². The molecule has 1 aliphatic rings. The molecule has 2 atom stereocenters. The molecule has 20 heavy (non-hydrogen) atoms. The molecule has 1 aliphatic heterocycles. The van der Waals surface area contributed by atoms with Crippen molar-refractivity contribution >= 4 is 16.5 Å². The van der Waals surface area contributed by atoms with Crippen LogP contribution in [0.2, 0.25) is 0 Å². The summed E-state index contributed by atoms with van der Waals surface area (Å²) in [4.78, 5) is 8.57. The van der Waals surface area contributed by atoms with Crippen molar-refractivity contribution in [2.75, 3.05) is 25.6 Å². The van der Waals surface area contributed by atoms with Crippen LogP contribution in [-0.2, 0) is 16.7 Å². The van der Waals surface area contributed by atoms with E-state index < -0.39 is 0 Å². The molecule has 1 N–H and O–H groups in total. The molecule has 0 spiro atoms. The molecule has 1 aromatic rings. The largest absolute Gasteiger partial charge is 0.376 e. The van der Waals surface area contributed by atoms with Crippen LogP contribution in [0.4, 0.5) is 5.13 Å². The minimum Gasteiger partial charge on any atom is -0.376 e. The van der Waals surface area contributed by atoms with Gasteiger partial charge in [-0.1, -0.05) is 20.8 Å². The molecule has 0 radical (unpaired) electrons. The molecular weight excluding hydrogens is 270 g/mol. The maximum Gasteiger partial charge on any atom is 0.185 e. The number of ether oxygens (including phenoxy) is 1. The number of aromatic nitrogens is 1. The molecule has 0 bridgehead atoms. The highest BCUT2D eigenvalue weighted by Gasteiger charge is 2.31. The van der Waals surface area contributed by atoms with Gasteiger partial charge in [0.2, 0.25) is 0 Å². The zero-order valence-electron chi connectivity index (χ0n) is 13.5. The van der Waals surface area contributed by atoms with Crippen LogP contribution in [0.15, 0.2) is 0 Å². The fraction of sp³-hybridized carbons (Fsp3) is 0.800. The Morgan fingerprint density at radius 1 is 1.45 bits per heavy atom. The zero-order chi connectivity index (χ0) is 14.9. The number of rotatable bonds is 4. The molecule has 0 aliphatic carbocycles. The Balaban J connectivity index is 2.28. The second-order valence-corrected chi connectivity index (χ2v) is 7.65. The molecule has 2 unspecified atom stereocenters. The quantitative estimate of drug-likeness (QED) is 0.927. The SMILES string of the molecule is CNCc1sc(N(C)C2CCOC2C)nc1C(C)(C)C. The van der Waals surface area contributed by atoms with Crippen molar-refractivity contribution in [3.8, 4) is 0 Å². The maximum atomic E-state index is 5.68. The van der Waals surface area contributed by atoms with E-state index in [-0.39, 0.29) is 11.5 Å². The fourth-order valence-corrected chi connectivity index (χ4v) is 4.03. The average Bonchev–Trinajstić information content (AvgIpc) is 2.94. The molecule has 0 aromatic carbocycles. The number of likely N-dealkylation sites (N-methyl/N-ethyl adjacent to an activating group) is 1. The third kappa shape index (κ3) is 3.15. The van der Waals surface area contributed by atoms with Crippen LogP contribution in [0.25, 0.3) is 0 Å². The van der Waals surface area contributed by atoms with Gasteiger partial charge >= 0.3 is 0 Å². The number of hydrogen-bond acceptors (Lipinski definition) is 5. The maximum absolute atomic E-state index is 5.68. The van der Waals surface area contributed by atoms with Gasteiger partial charge in [0.1, 0.15) is 0 Å². The highest BCUT2D eigenvalue weighted by atomic mass is 32.1. The van der Waals surface area contributed by atoms with E-state index in [9.17, 15) is 0 Å². The zero-order valence-corrected chi connectivity index (χ0v) is 14.3. The summed E-state index contributed by atoms with van der Waals surface area (Å²) in [6, 6.07) is 0.441. The van der Waals surface area contributed by atoms with Gasteiger partial charge in [-0.3, -0.25) is 0 Å². The van der Waals surface area contributed by atoms with Crippen LogP contribution in [0.1, 0.15) is 44.7 Å². The van der Waals surface area contributed by atoms with Gasteiger partial charge in [-0.05, 0) is 20.4 Å². The Bertz CT molecular complexity index is 452. The van der Waals surface area contributed by atoms with Crippen molar-refractivity contribution in [2.45, 2.75) is 58.2 Å². The van der Waals surface area contributed by atoms with Crippen molar-refractivity contribution in [2.24, 2.45) is 0 Å². The Morgan fingerprint density at radius 3 is 2.65 bits per heavy atom. The number of nitrogens with one attached hydrogen (secondary N) is 1. The number of hydrogen-bond donors (Lipinski definition) is 1. The molecule has 2 heterocycles. The van der Waals surface area contributed by atoms with Gasteiger partial charge in [0.25, 0.3) is 0 Å². The van der Waals surface area contributed by atoms with Gasteiger partial charge in [-0.15, -0.1) is 11.3 Å². The van der Waals surface area contributed by atoms with E-state index in [1.54, 1.807) is 11.3 Å². The first-order valence-electron chi connectivity index (χ1n) is 7.33. The molecule has 1 aromatic heterocycles. The van der Waals surface area contributed by atoms with Crippen LogP contribution in [0, 0.1) is 0 Å². The third-order valence-electron chi connectivity index (χ3n) is 3.87. The summed E-state index contributed by atoms with van der Waals surface area (Å²) in [6.45, 7) is 10.6. The van der Waals surface area contributed by atoms with E-state index in [1.807, 2.05) is 7.05 Å². The normalized spacial score (nSPS) is 23.3. The monoisotopic (exact) mass is 297 g/mol. The van der Waals surface area contributed by atoms with Crippen molar-refractivity contribution in [3.05, 3.63) is 10.6 Å². The smallest absolute Gasteiger partial charge is 0.185 e. The second kappa shape index (κ2) is 6.00. The van der Waals surface area contributed by atoms with Gasteiger partial charge in [0.05, 0.1) is 17.8 Å². The first kappa shape index (κ1) is 15.7. The summed E-state index contributed by atoms with van der Waals surface area (Å²) in [5.74, 6) is 0. The van der Waals surface area contributed by atoms with E-state index in [2.05, 4.69) is 45.0 Å². The Morgan fingerprint density at radius 2 is 2.15 bits per heavy atom.